The number of aryl methyl sites for hydroxylation is 1. The second-order valence-corrected chi connectivity index (χ2v) is 11.2. The van der Waals surface area contributed by atoms with Crippen LogP contribution in [-0.2, 0) is 6.61 Å². The predicted octanol–water partition coefficient (Wildman–Crippen LogP) is 5.88. The second kappa shape index (κ2) is 9.38. The highest BCUT2D eigenvalue weighted by Gasteiger charge is 2.41. The van der Waals surface area contributed by atoms with Gasteiger partial charge in [0.1, 0.15) is 52.5 Å². The highest BCUT2D eigenvalue weighted by Crippen LogP contribution is 2.45. The maximum Gasteiger partial charge on any atom is 0.150 e. The molecule has 0 amide bonds. The number of ether oxygens (including phenoxy) is 2. The molecule has 3 aromatic heterocycles. The van der Waals surface area contributed by atoms with Crippen LogP contribution < -0.4 is 15.2 Å². The zero-order valence-electron chi connectivity index (χ0n) is 20.9. The number of aromatic nitrogens is 4. The third-order valence-corrected chi connectivity index (χ3v) is 7.49. The SMILES string of the molecule is Cc1ncc(COc2cc(F)cc(Oc3ccc(-c4nc(C5CC(C)(O)C5)n5ccnc(N)c45)cc3)c2)s1. The molecule has 1 aliphatic rings. The Morgan fingerprint density at radius 1 is 1.13 bits per heavy atom. The summed E-state index contributed by atoms with van der Waals surface area (Å²) in [7, 11) is 0. The summed E-state index contributed by atoms with van der Waals surface area (Å²) in [6, 6.07) is 11.7. The summed E-state index contributed by atoms with van der Waals surface area (Å²) in [6.07, 6.45) is 6.54. The largest absolute Gasteiger partial charge is 0.488 e. The first-order valence-electron chi connectivity index (χ1n) is 12.2. The van der Waals surface area contributed by atoms with Crippen LogP contribution >= 0.6 is 11.3 Å². The van der Waals surface area contributed by atoms with E-state index in [0.717, 1.165) is 26.8 Å². The highest BCUT2D eigenvalue weighted by atomic mass is 32.1. The van der Waals surface area contributed by atoms with E-state index in [4.69, 9.17) is 20.2 Å². The van der Waals surface area contributed by atoms with Crippen LogP contribution in [0.5, 0.6) is 17.2 Å². The molecule has 1 fully saturated rings. The number of nitrogens with two attached hydrogens (primary N) is 1. The van der Waals surface area contributed by atoms with Crippen molar-refractivity contribution >= 4 is 22.7 Å². The van der Waals surface area contributed by atoms with Gasteiger partial charge in [-0.1, -0.05) is 0 Å². The summed E-state index contributed by atoms with van der Waals surface area (Å²) in [5, 5.41) is 11.2. The topological polar surface area (TPSA) is 108 Å². The first kappa shape index (κ1) is 24.3. The summed E-state index contributed by atoms with van der Waals surface area (Å²) in [4.78, 5) is 14.3. The van der Waals surface area contributed by atoms with Gasteiger partial charge in [-0.2, -0.15) is 0 Å². The van der Waals surface area contributed by atoms with E-state index in [1.807, 2.05) is 36.6 Å². The normalized spacial score (nSPS) is 18.9. The lowest BCUT2D eigenvalue weighted by Gasteiger charge is -2.40. The number of thiazole rings is 1. The average molecular weight is 532 g/mol. The maximum absolute atomic E-state index is 14.3. The van der Waals surface area contributed by atoms with Gasteiger partial charge in [-0.3, -0.25) is 4.40 Å². The van der Waals surface area contributed by atoms with Crippen LogP contribution in [-0.4, -0.2) is 30.1 Å². The Kier molecular flexibility index (Phi) is 6.00. The molecule has 10 heteroatoms. The Hall–Kier alpha value is -4.02. The minimum atomic E-state index is -0.670. The van der Waals surface area contributed by atoms with E-state index in [2.05, 4.69) is 9.97 Å². The molecule has 2 aromatic carbocycles. The molecule has 0 aliphatic heterocycles. The zero-order valence-corrected chi connectivity index (χ0v) is 21.7. The average Bonchev–Trinajstić information content (AvgIpc) is 3.46. The third-order valence-electron chi connectivity index (χ3n) is 6.61. The van der Waals surface area contributed by atoms with Crippen LogP contribution in [0.2, 0.25) is 0 Å². The Bertz CT molecular complexity index is 1620. The van der Waals surface area contributed by atoms with E-state index in [1.165, 1.54) is 23.5 Å². The predicted molar refractivity (Wildman–Crippen MR) is 143 cm³/mol. The van der Waals surface area contributed by atoms with Crippen molar-refractivity contribution in [2.75, 3.05) is 5.73 Å². The molecule has 0 saturated heterocycles. The lowest BCUT2D eigenvalue weighted by molar-refractivity contribution is -0.0335. The second-order valence-electron chi connectivity index (χ2n) is 9.84. The summed E-state index contributed by atoms with van der Waals surface area (Å²) in [5.74, 6) is 2.16. The number of aliphatic hydroxyl groups is 1. The number of nitrogens with zero attached hydrogens (tertiary/aromatic N) is 4. The number of halogens is 1. The van der Waals surface area contributed by atoms with E-state index in [1.54, 1.807) is 30.6 Å². The van der Waals surface area contributed by atoms with Crippen LogP contribution in [0, 0.1) is 12.7 Å². The van der Waals surface area contributed by atoms with Gasteiger partial charge in [-0.25, -0.2) is 19.3 Å². The number of fused-ring (bicyclic) bond motifs is 1. The maximum atomic E-state index is 14.3. The number of rotatable bonds is 7. The van der Waals surface area contributed by atoms with Crippen molar-refractivity contribution in [3.8, 4) is 28.5 Å². The van der Waals surface area contributed by atoms with E-state index >= 15 is 0 Å². The molecule has 0 bridgehead atoms. The smallest absolute Gasteiger partial charge is 0.150 e. The molecule has 194 valence electrons. The third kappa shape index (κ3) is 4.80. The highest BCUT2D eigenvalue weighted by molar-refractivity contribution is 7.11. The fourth-order valence-corrected chi connectivity index (χ4v) is 5.59. The Balaban J connectivity index is 1.23. The molecule has 3 heterocycles. The fraction of sp³-hybridized carbons (Fsp3) is 0.250. The van der Waals surface area contributed by atoms with Gasteiger partial charge in [0.2, 0.25) is 0 Å². The number of hydrogen-bond donors (Lipinski definition) is 2. The molecule has 0 unspecified atom stereocenters. The molecule has 0 atom stereocenters. The Labute approximate surface area is 222 Å². The number of nitrogen functional groups attached to an aromatic ring is 1. The molecular weight excluding hydrogens is 505 g/mol. The van der Waals surface area contributed by atoms with Crippen LogP contribution in [0.15, 0.2) is 61.1 Å². The molecule has 8 nitrogen and oxygen atoms in total. The molecule has 38 heavy (non-hydrogen) atoms. The number of hydrogen-bond acceptors (Lipinski definition) is 8. The van der Waals surface area contributed by atoms with Gasteiger partial charge >= 0.3 is 0 Å². The van der Waals surface area contributed by atoms with Crippen molar-refractivity contribution in [3.05, 3.63) is 82.6 Å². The molecule has 1 saturated carbocycles. The Morgan fingerprint density at radius 3 is 2.61 bits per heavy atom. The van der Waals surface area contributed by atoms with Gasteiger partial charge < -0.3 is 20.3 Å². The molecule has 1 aliphatic carbocycles. The van der Waals surface area contributed by atoms with Gasteiger partial charge in [0.05, 0.1) is 15.5 Å². The van der Waals surface area contributed by atoms with Gasteiger partial charge in [0.25, 0.3) is 0 Å². The van der Waals surface area contributed by atoms with Gasteiger partial charge in [-0.15, -0.1) is 11.3 Å². The van der Waals surface area contributed by atoms with E-state index < -0.39 is 11.4 Å². The van der Waals surface area contributed by atoms with E-state index in [9.17, 15) is 9.50 Å². The molecule has 6 rings (SSSR count). The number of imidazole rings is 1. The molecule has 3 N–H and O–H groups in total. The van der Waals surface area contributed by atoms with Crippen LogP contribution in [0.4, 0.5) is 10.2 Å². The Morgan fingerprint density at radius 2 is 1.89 bits per heavy atom. The van der Waals surface area contributed by atoms with Crippen molar-refractivity contribution in [2.45, 2.75) is 44.8 Å². The van der Waals surface area contributed by atoms with Crippen LogP contribution in [0.3, 0.4) is 0 Å². The lowest BCUT2D eigenvalue weighted by Crippen LogP contribution is -2.40. The first-order chi connectivity index (χ1) is 18.2. The summed E-state index contributed by atoms with van der Waals surface area (Å²) < 4.78 is 27.9. The first-order valence-corrected chi connectivity index (χ1v) is 13.0. The van der Waals surface area contributed by atoms with Gasteiger partial charge in [0.15, 0.2) is 0 Å². The summed E-state index contributed by atoms with van der Waals surface area (Å²) in [5.41, 5.74) is 7.86. The van der Waals surface area contributed by atoms with Crippen LogP contribution in [0.25, 0.3) is 16.8 Å². The van der Waals surface area contributed by atoms with Gasteiger partial charge in [0, 0.05) is 48.3 Å². The minimum Gasteiger partial charge on any atom is -0.488 e. The lowest BCUT2D eigenvalue weighted by atomic mass is 9.72. The molecular formula is C28H26FN5O3S. The minimum absolute atomic E-state index is 0.139. The zero-order chi connectivity index (χ0) is 26.4. The fourth-order valence-electron chi connectivity index (χ4n) is 4.88. The van der Waals surface area contributed by atoms with Crippen molar-refractivity contribution in [1.82, 2.24) is 19.4 Å². The number of anilines is 1. The van der Waals surface area contributed by atoms with Crippen molar-refractivity contribution < 1.29 is 19.0 Å². The summed E-state index contributed by atoms with van der Waals surface area (Å²) >= 11 is 1.54. The summed E-state index contributed by atoms with van der Waals surface area (Å²) in [6.45, 7) is 4.07. The molecule has 5 aromatic rings. The van der Waals surface area contributed by atoms with Crippen molar-refractivity contribution in [1.29, 1.82) is 0 Å². The quantitative estimate of drug-likeness (QED) is 0.270. The van der Waals surface area contributed by atoms with Gasteiger partial charge in [-0.05, 0) is 51.0 Å². The molecule has 0 spiro atoms. The van der Waals surface area contributed by atoms with Crippen molar-refractivity contribution in [2.24, 2.45) is 0 Å². The number of benzene rings is 2. The monoisotopic (exact) mass is 531 g/mol. The van der Waals surface area contributed by atoms with E-state index in [0.29, 0.717) is 48.2 Å². The van der Waals surface area contributed by atoms with Crippen LogP contribution in [0.1, 0.15) is 41.4 Å². The van der Waals surface area contributed by atoms with E-state index in [-0.39, 0.29) is 5.92 Å². The molecule has 0 radical (unpaired) electrons. The standard InChI is InChI=1S/C28H26FN5O3S/c1-16-32-14-23(38-16)15-36-21-9-19(29)10-22(11-21)37-20-5-3-17(4-6-20)24-25-26(30)31-7-8-34(25)27(33-24)18-12-28(2,35)13-18/h3-11,14,18,35H,12-13,15H2,1-2H3,(H2,30,31). The van der Waals surface area contributed by atoms with Crippen molar-refractivity contribution in [3.63, 3.8) is 0 Å².